The van der Waals surface area contributed by atoms with Crippen LogP contribution in [0.5, 0.6) is 0 Å². The molecule has 2 N–H and O–H groups in total. The number of nitrogens with one attached hydrogen (secondary N) is 1. The number of ether oxygens (including phenoxy) is 1. The summed E-state index contributed by atoms with van der Waals surface area (Å²) in [6.07, 6.45) is 1.92. The van der Waals surface area contributed by atoms with Crippen molar-refractivity contribution in [3.8, 4) is 0 Å². The number of benzene rings is 1. The van der Waals surface area contributed by atoms with E-state index in [0.717, 1.165) is 25.9 Å². The maximum atomic E-state index is 10.1. The lowest BCUT2D eigenvalue weighted by atomic mass is 10.2. The van der Waals surface area contributed by atoms with Crippen molar-refractivity contribution in [2.75, 3.05) is 44.8 Å². The summed E-state index contributed by atoms with van der Waals surface area (Å²) in [5.74, 6) is 0. The molecule has 1 atom stereocenters. The van der Waals surface area contributed by atoms with Crippen molar-refractivity contribution >= 4 is 5.69 Å². The number of nitrogens with zero attached hydrogens (tertiary/aromatic N) is 1. The van der Waals surface area contributed by atoms with Gasteiger partial charge in [0.25, 0.3) is 0 Å². The zero-order valence-electron chi connectivity index (χ0n) is 12.7. The number of aliphatic hydroxyl groups excluding tert-OH is 1. The van der Waals surface area contributed by atoms with Crippen LogP contribution in [0.25, 0.3) is 0 Å². The lowest BCUT2D eigenvalue weighted by Crippen LogP contribution is -2.39. The highest BCUT2D eigenvalue weighted by atomic mass is 16.5. The fourth-order valence-corrected chi connectivity index (χ4v) is 2.08. The summed E-state index contributed by atoms with van der Waals surface area (Å²) in [6.45, 7) is 5.86. The molecule has 4 heteroatoms. The van der Waals surface area contributed by atoms with Crippen LogP contribution in [-0.2, 0) is 4.74 Å². The first-order valence-electron chi connectivity index (χ1n) is 7.45. The third-order valence-electron chi connectivity index (χ3n) is 3.20. The van der Waals surface area contributed by atoms with Crippen molar-refractivity contribution in [3.05, 3.63) is 30.3 Å². The van der Waals surface area contributed by atoms with Crippen molar-refractivity contribution in [2.45, 2.75) is 25.9 Å². The molecular formula is C16H28N2O2. The zero-order valence-corrected chi connectivity index (χ0v) is 12.7. The van der Waals surface area contributed by atoms with Crippen LogP contribution in [0, 0.1) is 0 Å². The molecule has 0 heterocycles. The number of anilines is 1. The summed E-state index contributed by atoms with van der Waals surface area (Å²) in [5.41, 5.74) is 1.18. The Morgan fingerprint density at radius 2 is 2.05 bits per heavy atom. The number of hydrogen-bond acceptors (Lipinski definition) is 4. The second kappa shape index (κ2) is 10.7. The van der Waals surface area contributed by atoms with Gasteiger partial charge in [-0.05, 0) is 18.6 Å². The fourth-order valence-electron chi connectivity index (χ4n) is 2.08. The Morgan fingerprint density at radius 3 is 2.70 bits per heavy atom. The number of aliphatic hydroxyl groups is 1. The minimum Gasteiger partial charge on any atom is -0.390 e. The third-order valence-corrected chi connectivity index (χ3v) is 3.20. The Kier molecular flexibility index (Phi) is 9.04. The molecule has 0 saturated heterocycles. The minimum atomic E-state index is -0.371. The summed E-state index contributed by atoms with van der Waals surface area (Å²) < 4.78 is 4.97. The van der Waals surface area contributed by atoms with E-state index in [2.05, 4.69) is 29.3 Å². The first kappa shape index (κ1) is 17.0. The number of para-hydroxylation sites is 1. The normalized spacial score (nSPS) is 12.3. The molecular weight excluding hydrogens is 252 g/mol. The molecule has 0 aliphatic rings. The molecule has 0 bridgehead atoms. The molecule has 20 heavy (non-hydrogen) atoms. The lowest BCUT2D eigenvalue weighted by Gasteiger charge is -2.27. The van der Waals surface area contributed by atoms with Crippen molar-refractivity contribution in [1.82, 2.24) is 5.32 Å². The largest absolute Gasteiger partial charge is 0.390 e. The van der Waals surface area contributed by atoms with Crippen molar-refractivity contribution in [1.29, 1.82) is 0 Å². The van der Waals surface area contributed by atoms with Gasteiger partial charge in [-0.25, -0.2) is 0 Å². The number of methoxy groups -OCH3 is 1. The van der Waals surface area contributed by atoms with Gasteiger partial charge >= 0.3 is 0 Å². The Balaban J connectivity index is 2.43. The molecule has 1 aromatic carbocycles. The maximum Gasteiger partial charge on any atom is 0.0839 e. The number of hydrogen-bond donors (Lipinski definition) is 2. The maximum absolute atomic E-state index is 10.1. The van der Waals surface area contributed by atoms with Gasteiger partial charge in [-0.2, -0.15) is 0 Å². The van der Waals surface area contributed by atoms with E-state index >= 15 is 0 Å². The lowest BCUT2D eigenvalue weighted by molar-refractivity contribution is 0.163. The predicted octanol–water partition coefficient (Wildman–Crippen LogP) is 1.89. The molecule has 114 valence electrons. The van der Waals surface area contributed by atoms with Gasteiger partial charge in [-0.15, -0.1) is 0 Å². The fraction of sp³-hybridized carbons (Fsp3) is 0.625. The highest BCUT2D eigenvalue weighted by Gasteiger charge is 2.11. The van der Waals surface area contributed by atoms with E-state index in [-0.39, 0.29) is 6.10 Å². The summed E-state index contributed by atoms with van der Waals surface area (Å²) in [6, 6.07) is 10.3. The van der Waals surface area contributed by atoms with Crippen LogP contribution in [0.2, 0.25) is 0 Å². The Morgan fingerprint density at radius 1 is 1.30 bits per heavy atom. The molecule has 0 aliphatic carbocycles. The number of unbranched alkanes of at least 4 members (excludes halogenated alkanes) is 1. The second-order valence-electron chi connectivity index (χ2n) is 4.99. The quantitative estimate of drug-likeness (QED) is 0.608. The van der Waals surface area contributed by atoms with E-state index in [4.69, 9.17) is 4.74 Å². The van der Waals surface area contributed by atoms with Crippen LogP contribution in [0.15, 0.2) is 30.3 Å². The standard InChI is InChI=1S/C16H28N2O2/c1-3-4-11-18(15-8-6-5-7-9-15)14-16(19)13-17-10-12-20-2/h5-9,16-17,19H,3-4,10-14H2,1-2H3. The second-order valence-corrected chi connectivity index (χ2v) is 4.99. The van der Waals surface area contributed by atoms with E-state index in [1.807, 2.05) is 18.2 Å². The van der Waals surface area contributed by atoms with Crippen LogP contribution in [0.3, 0.4) is 0 Å². The molecule has 0 amide bonds. The van der Waals surface area contributed by atoms with E-state index in [0.29, 0.717) is 19.7 Å². The first-order chi connectivity index (χ1) is 9.77. The highest BCUT2D eigenvalue weighted by molar-refractivity contribution is 5.46. The molecule has 0 saturated carbocycles. The Labute approximate surface area is 122 Å². The van der Waals surface area contributed by atoms with Gasteiger partial charge in [0.2, 0.25) is 0 Å². The van der Waals surface area contributed by atoms with Crippen LogP contribution < -0.4 is 10.2 Å². The van der Waals surface area contributed by atoms with Crippen LogP contribution in [0.1, 0.15) is 19.8 Å². The molecule has 1 unspecified atom stereocenters. The first-order valence-corrected chi connectivity index (χ1v) is 7.45. The SMILES string of the molecule is CCCCN(CC(O)CNCCOC)c1ccccc1. The highest BCUT2D eigenvalue weighted by Crippen LogP contribution is 2.14. The Bertz CT molecular complexity index is 333. The molecule has 0 fully saturated rings. The average Bonchev–Trinajstić information content (AvgIpc) is 2.49. The van der Waals surface area contributed by atoms with Gasteiger partial charge in [-0.3, -0.25) is 0 Å². The van der Waals surface area contributed by atoms with Gasteiger partial charge in [0.1, 0.15) is 0 Å². The molecule has 1 aromatic rings. The van der Waals surface area contributed by atoms with E-state index < -0.39 is 0 Å². The van der Waals surface area contributed by atoms with Crippen LogP contribution in [-0.4, -0.2) is 51.1 Å². The number of rotatable bonds is 11. The van der Waals surface area contributed by atoms with Gasteiger partial charge in [0.15, 0.2) is 0 Å². The molecule has 0 aromatic heterocycles. The van der Waals surface area contributed by atoms with E-state index in [9.17, 15) is 5.11 Å². The molecule has 0 aliphatic heterocycles. The molecule has 4 nitrogen and oxygen atoms in total. The van der Waals surface area contributed by atoms with Crippen LogP contribution in [0.4, 0.5) is 5.69 Å². The predicted molar refractivity (Wildman–Crippen MR) is 84.3 cm³/mol. The molecule has 1 rings (SSSR count). The van der Waals surface area contributed by atoms with Gasteiger partial charge in [0, 0.05) is 39.0 Å². The summed E-state index contributed by atoms with van der Waals surface area (Å²) in [4.78, 5) is 2.26. The van der Waals surface area contributed by atoms with Crippen molar-refractivity contribution < 1.29 is 9.84 Å². The molecule has 0 spiro atoms. The topological polar surface area (TPSA) is 44.7 Å². The Hall–Kier alpha value is -1.10. The summed E-state index contributed by atoms with van der Waals surface area (Å²) in [7, 11) is 1.68. The summed E-state index contributed by atoms with van der Waals surface area (Å²) in [5, 5.41) is 13.3. The summed E-state index contributed by atoms with van der Waals surface area (Å²) >= 11 is 0. The minimum absolute atomic E-state index is 0.371. The molecule has 0 radical (unpaired) electrons. The zero-order chi connectivity index (χ0) is 14.6. The van der Waals surface area contributed by atoms with Gasteiger partial charge < -0.3 is 20.1 Å². The van der Waals surface area contributed by atoms with Crippen molar-refractivity contribution in [3.63, 3.8) is 0 Å². The van der Waals surface area contributed by atoms with E-state index in [1.165, 1.54) is 5.69 Å². The van der Waals surface area contributed by atoms with E-state index in [1.54, 1.807) is 7.11 Å². The smallest absolute Gasteiger partial charge is 0.0839 e. The monoisotopic (exact) mass is 280 g/mol. The van der Waals surface area contributed by atoms with Crippen molar-refractivity contribution in [2.24, 2.45) is 0 Å². The average molecular weight is 280 g/mol. The van der Waals surface area contributed by atoms with Crippen LogP contribution >= 0.6 is 0 Å². The van der Waals surface area contributed by atoms with Gasteiger partial charge in [0.05, 0.1) is 12.7 Å². The van der Waals surface area contributed by atoms with Gasteiger partial charge in [-0.1, -0.05) is 31.5 Å². The third kappa shape index (κ3) is 6.89.